The third-order valence-electron chi connectivity index (χ3n) is 2.41. The highest BCUT2D eigenvalue weighted by atomic mass is 16.6. The Kier molecular flexibility index (Phi) is 4.10. The maximum Gasteiger partial charge on any atom is 0.410 e. The summed E-state index contributed by atoms with van der Waals surface area (Å²) in [6.07, 6.45) is 2.71. The van der Waals surface area contributed by atoms with Crippen molar-refractivity contribution in [2.24, 2.45) is 0 Å². The van der Waals surface area contributed by atoms with Crippen LogP contribution in [-0.4, -0.2) is 43.3 Å². The molecule has 0 aromatic heterocycles. The summed E-state index contributed by atoms with van der Waals surface area (Å²) in [5.41, 5.74) is 0.484. The van der Waals surface area contributed by atoms with E-state index in [0.717, 1.165) is 0 Å². The van der Waals surface area contributed by atoms with Crippen molar-refractivity contribution in [3.63, 3.8) is 0 Å². The highest BCUT2D eigenvalue weighted by molar-refractivity contribution is 5.91. The molecule has 16 heavy (non-hydrogen) atoms. The van der Waals surface area contributed by atoms with E-state index in [1.807, 2.05) is 0 Å². The Bertz CT molecular complexity index is 335. The molecule has 5 nitrogen and oxygen atoms in total. The number of hydrogen-bond acceptors (Lipinski definition) is 4. The van der Waals surface area contributed by atoms with Crippen molar-refractivity contribution < 1.29 is 19.1 Å². The van der Waals surface area contributed by atoms with Gasteiger partial charge < -0.3 is 9.47 Å². The number of methoxy groups -OCH3 is 1. The summed E-state index contributed by atoms with van der Waals surface area (Å²) in [6, 6.07) is -0.315. The van der Waals surface area contributed by atoms with E-state index in [0.29, 0.717) is 12.1 Å². The van der Waals surface area contributed by atoms with Gasteiger partial charge in [-0.25, -0.2) is 9.59 Å². The molecule has 88 valence electrons. The van der Waals surface area contributed by atoms with Gasteiger partial charge >= 0.3 is 12.1 Å². The molecular formula is C11H15NO4. The molecule has 0 N–H and O–H groups in total. The van der Waals surface area contributed by atoms with Crippen LogP contribution >= 0.6 is 0 Å². The average Bonchev–Trinajstić information content (AvgIpc) is 2.67. The smallest absolute Gasteiger partial charge is 0.410 e. The highest BCUT2D eigenvalue weighted by Crippen LogP contribution is 2.19. The van der Waals surface area contributed by atoms with E-state index in [1.165, 1.54) is 18.1 Å². The maximum atomic E-state index is 11.5. The van der Waals surface area contributed by atoms with E-state index >= 15 is 0 Å². The van der Waals surface area contributed by atoms with Gasteiger partial charge in [-0.2, -0.15) is 0 Å². The molecule has 1 aliphatic rings. The molecule has 0 saturated heterocycles. The fraction of sp³-hybridized carbons (Fsp3) is 0.455. The molecule has 1 rings (SSSR count). The fourth-order valence-electron chi connectivity index (χ4n) is 1.51. The summed E-state index contributed by atoms with van der Waals surface area (Å²) in [7, 11) is 1.31. The third kappa shape index (κ3) is 2.42. The first-order chi connectivity index (χ1) is 7.61. The minimum atomic E-state index is -0.456. The number of carbonyl (C=O) groups excluding carboxylic acids is 2. The lowest BCUT2D eigenvalue weighted by Gasteiger charge is -2.22. The van der Waals surface area contributed by atoms with Gasteiger partial charge in [-0.3, -0.25) is 4.90 Å². The van der Waals surface area contributed by atoms with Crippen molar-refractivity contribution in [1.82, 2.24) is 4.90 Å². The Morgan fingerprint density at radius 2 is 2.38 bits per heavy atom. The SMILES string of the molecule is C=CCOC(=O)N1CC=C(C(=O)OC)[C@@H]1C. The minimum Gasteiger partial charge on any atom is -0.466 e. The van der Waals surface area contributed by atoms with Gasteiger partial charge in [-0.1, -0.05) is 18.7 Å². The first-order valence-electron chi connectivity index (χ1n) is 4.94. The van der Waals surface area contributed by atoms with Crippen molar-refractivity contribution >= 4 is 12.1 Å². The molecule has 0 saturated carbocycles. The zero-order chi connectivity index (χ0) is 12.1. The first kappa shape index (κ1) is 12.3. The van der Waals surface area contributed by atoms with Crippen LogP contribution in [0.1, 0.15) is 6.92 Å². The van der Waals surface area contributed by atoms with Crippen LogP contribution in [0.3, 0.4) is 0 Å². The van der Waals surface area contributed by atoms with Gasteiger partial charge in [-0.15, -0.1) is 0 Å². The van der Waals surface area contributed by atoms with Gasteiger partial charge in [0.05, 0.1) is 18.7 Å². The van der Waals surface area contributed by atoms with E-state index in [2.05, 4.69) is 11.3 Å². The lowest BCUT2D eigenvalue weighted by atomic mass is 10.1. The molecule has 0 bridgehead atoms. The van der Waals surface area contributed by atoms with E-state index in [-0.39, 0.29) is 12.6 Å². The number of nitrogens with zero attached hydrogens (tertiary/aromatic N) is 1. The van der Waals surface area contributed by atoms with Gasteiger partial charge in [0.2, 0.25) is 0 Å². The molecule has 1 heterocycles. The largest absolute Gasteiger partial charge is 0.466 e. The van der Waals surface area contributed by atoms with E-state index in [9.17, 15) is 9.59 Å². The normalized spacial score (nSPS) is 19.0. The van der Waals surface area contributed by atoms with Gasteiger partial charge in [-0.05, 0) is 6.92 Å². The summed E-state index contributed by atoms with van der Waals surface area (Å²) < 4.78 is 9.50. The van der Waals surface area contributed by atoms with Crippen LogP contribution in [0.15, 0.2) is 24.3 Å². The predicted octanol–water partition coefficient (Wildman–Crippen LogP) is 1.11. The number of ether oxygens (including phenoxy) is 2. The number of carbonyl (C=O) groups is 2. The van der Waals surface area contributed by atoms with Crippen LogP contribution in [0, 0.1) is 0 Å². The molecule has 0 fully saturated rings. The van der Waals surface area contributed by atoms with Crippen molar-refractivity contribution in [2.45, 2.75) is 13.0 Å². The fourth-order valence-corrected chi connectivity index (χ4v) is 1.51. The average molecular weight is 225 g/mol. The second kappa shape index (κ2) is 5.34. The monoisotopic (exact) mass is 225 g/mol. The summed E-state index contributed by atoms with van der Waals surface area (Å²) >= 11 is 0. The van der Waals surface area contributed by atoms with Gasteiger partial charge in [0.15, 0.2) is 0 Å². The summed E-state index contributed by atoms with van der Waals surface area (Å²) in [6.45, 7) is 5.73. The van der Waals surface area contributed by atoms with E-state index in [1.54, 1.807) is 13.0 Å². The predicted molar refractivity (Wildman–Crippen MR) is 57.8 cm³/mol. The molecule has 1 aliphatic heterocycles. The molecule has 0 radical (unpaired) electrons. The van der Waals surface area contributed by atoms with Crippen molar-refractivity contribution in [3.8, 4) is 0 Å². The molecule has 0 aromatic carbocycles. The van der Waals surface area contributed by atoms with Crippen LogP contribution in [0.5, 0.6) is 0 Å². The molecular weight excluding hydrogens is 210 g/mol. The second-order valence-electron chi connectivity index (χ2n) is 3.34. The Morgan fingerprint density at radius 3 is 2.94 bits per heavy atom. The Balaban J connectivity index is 2.60. The Hall–Kier alpha value is -1.78. The maximum absolute atomic E-state index is 11.5. The number of hydrogen-bond donors (Lipinski definition) is 0. The number of esters is 1. The number of rotatable bonds is 3. The summed E-state index contributed by atoms with van der Waals surface area (Å²) in [4.78, 5) is 24.3. The summed E-state index contributed by atoms with van der Waals surface area (Å²) in [5, 5.41) is 0. The van der Waals surface area contributed by atoms with Gasteiger partial charge in [0.1, 0.15) is 6.61 Å². The topological polar surface area (TPSA) is 55.8 Å². The molecule has 5 heteroatoms. The standard InChI is InChI=1S/C11H15NO4/c1-4-7-16-11(14)12-6-5-9(8(12)2)10(13)15-3/h4-5,8H,1,6-7H2,2-3H3/t8-/m0/s1. The first-order valence-corrected chi connectivity index (χ1v) is 4.94. The molecule has 0 aromatic rings. The Morgan fingerprint density at radius 1 is 1.69 bits per heavy atom. The number of amides is 1. The van der Waals surface area contributed by atoms with Gasteiger partial charge in [0.25, 0.3) is 0 Å². The van der Waals surface area contributed by atoms with E-state index < -0.39 is 12.1 Å². The zero-order valence-corrected chi connectivity index (χ0v) is 9.43. The van der Waals surface area contributed by atoms with Crippen LogP contribution in [0.4, 0.5) is 4.79 Å². The van der Waals surface area contributed by atoms with Crippen molar-refractivity contribution in [3.05, 3.63) is 24.3 Å². The highest BCUT2D eigenvalue weighted by Gasteiger charge is 2.32. The van der Waals surface area contributed by atoms with Crippen LogP contribution in [-0.2, 0) is 14.3 Å². The zero-order valence-electron chi connectivity index (χ0n) is 9.43. The van der Waals surface area contributed by atoms with Crippen LogP contribution < -0.4 is 0 Å². The van der Waals surface area contributed by atoms with Gasteiger partial charge in [0, 0.05) is 6.54 Å². The minimum absolute atomic E-state index is 0.162. The molecule has 1 amide bonds. The Labute approximate surface area is 94.3 Å². The molecule has 0 unspecified atom stereocenters. The van der Waals surface area contributed by atoms with Crippen LogP contribution in [0.25, 0.3) is 0 Å². The lowest BCUT2D eigenvalue weighted by molar-refractivity contribution is -0.136. The molecule has 1 atom stereocenters. The van der Waals surface area contributed by atoms with Crippen LogP contribution in [0.2, 0.25) is 0 Å². The quantitative estimate of drug-likeness (QED) is 0.533. The van der Waals surface area contributed by atoms with Crippen molar-refractivity contribution in [2.75, 3.05) is 20.3 Å². The second-order valence-corrected chi connectivity index (χ2v) is 3.34. The lowest BCUT2D eigenvalue weighted by Crippen LogP contribution is -2.37. The molecule has 0 aliphatic carbocycles. The summed E-state index contributed by atoms with van der Waals surface area (Å²) in [5.74, 6) is -0.411. The van der Waals surface area contributed by atoms with E-state index in [4.69, 9.17) is 4.74 Å². The molecule has 0 spiro atoms. The van der Waals surface area contributed by atoms with Crippen molar-refractivity contribution in [1.29, 1.82) is 0 Å². The third-order valence-corrected chi connectivity index (χ3v) is 2.41.